The van der Waals surface area contributed by atoms with E-state index in [2.05, 4.69) is 61.2 Å². The standard InChI is InChI=1S/C23H20O2/c1-2-21(24)25-13-4-3-6-16-14-19-11-9-17-7-5-8-18-10-12-20(15-16)23(19)22(17)18/h2,5,7-12,14-15H,1,3-4,6,13H2. The molecule has 0 aliphatic heterocycles. The van der Waals surface area contributed by atoms with Crippen LogP contribution in [0.2, 0.25) is 0 Å². The highest BCUT2D eigenvalue weighted by atomic mass is 16.5. The van der Waals surface area contributed by atoms with Crippen molar-refractivity contribution in [3.63, 3.8) is 0 Å². The van der Waals surface area contributed by atoms with Gasteiger partial charge in [-0.05, 0) is 57.1 Å². The first-order chi connectivity index (χ1) is 12.3. The summed E-state index contributed by atoms with van der Waals surface area (Å²) in [6, 6.07) is 19.9. The maximum atomic E-state index is 11.0. The van der Waals surface area contributed by atoms with Gasteiger partial charge in [-0.25, -0.2) is 4.79 Å². The predicted molar refractivity (Wildman–Crippen MR) is 104 cm³/mol. The smallest absolute Gasteiger partial charge is 0.330 e. The first-order valence-electron chi connectivity index (χ1n) is 8.72. The number of unbranched alkanes of at least 4 members (excludes halogenated alkanes) is 1. The van der Waals surface area contributed by atoms with Crippen molar-refractivity contribution in [1.82, 2.24) is 0 Å². The molecule has 0 radical (unpaired) electrons. The van der Waals surface area contributed by atoms with Crippen molar-refractivity contribution in [1.29, 1.82) is 0 Å². The van der Waals surface area contributed by atoms with Gasteiger partial charge in [-0.3, -0.25) is 0 Å². The molecular formula is C23H20O2. The molecule has 2 nitrogen and oxygen atoms in total. The van der Waals surface area contributed by atoms with Gasteiger partial charge in [0.25, 0.3) is 0 Å². The Bertz CT molecular complexity index is 998. The number of ether oxygens (including phenoxy) is 1. The van der Waals surface area contributed by atoms with E-state index in [4.69, 9.17) is 4.74 Å². The molecule has 0 N–H and O–H groups in total. The molecule has 0 bridgehead atoms. The zero-order valence-electron chi connectivity index (χ0n) is 14.1. The summed E-state index contributed by atoms with van der Waals surface area (Å²) in [5.74, 6) is -0.344. The zero-order chi connectivity index (χ0) is 17.2. The first-order valence-corrected chi connectivity index (χ1v) is 8.72. The third-order valence-electron chi connectivity index (χ3n) is 4.79. The van der Waals surface area contributed by atoms with Gasteiger partial charge in [-0.15, -0.1) is 0 Å². The van der Waals surface area contributed by atoms with Crippen LogP contribution in [0.15, 0.2) is 67.3 Å². The van der Waals surface area contributed by atoms with Gasteiger partial charge in [0.15, 0.2) is 0 Å². The lowest BCUT2D eigenvalue weighted by molar-refractivity contribution is -0.137. The second-order valence-electron chi connectivity index (χ2n) is 6.46. The minimum Gasteiger partial charge on any atom is -0.463 e. The SMILES string of the molecule is C=CC(=O)OCCCCc1cc2ccc3cccc4ccc(c1)c2c34. The number of hydrogen-bond donors (Lipinski definition) is 0. The lowest BCUT2D eigenvalue weighted by Crippen LogP contribution is -2.02. The highest BCUT2D eigenvalue weighted by molar-refractivity contribution is 6.23. The molecule has 0 saturated carbocycles. The summed E-state index contributed by atoms with van der Waals surface area (Å²) < 4.78 is 5.03. The summed E-state index contributed by atoms with van der Waals surface area (Å²) >= 11 is 0. The number of rotatable bonds is 6. The van der Waals surface area contributed by atoms with E-state index in [1.54, 1.807) is 0 Å². The van der Waals surface area contributed by atoms with Crippen molar-refractivity contribution in [2.75, 3.05) is 6.61 Å². The average molecular weight is 328 g/mol. The molecule has 0 heterocycles. The van der Waals surface area contributed by atoms with Gasteiger partial charge in [0.1, 0.15) is 0 Å². The van der Waals surface area contributed by atoms with E-state index in [0.717, 1.165) is 19.3 Å². The van der Waals surface area contributed by atoms with Crippen molar-refractivity contribution in [2.45, 2.75) is 19.3 Å². The van der Waals surface area contributed by atoms with Gasteiger partial charge in [-0.2, -0.15) is 0 Å². The summed E-state index contributed by atoms with van der Waals surface area (Å²) in [5.41, 5.74) is 1.33. The molecule has 0 unspecified atom stereocenters. The Morgan fingerprint density at radius 3 is 2.12 bits per heavy atom. The van der Waals surface area contributed by atoms with E-state index in [1.165, 1.54) is 44.0 Å². The summed E-state index contributed by atoms with van der Waals surface area (Å²) in [5, 5.41) is 7.92. The van der Waals surface area contributed by atoms with Crippen molar-refractivity contribution in [3.05, 3.63) is 72.8 Å². The Morgan fingerprint density at radius 2 is 1.48 bits per heavy atom. The van der Waals surface area contributed by atoms with Gasteiger partial charge in [-0.1, -0.05) is 61.2 Å². The number of hydrogen-bond acceptors (Lipinski definition) is 2. The number of carbonyl (C=O) groups excluding carboxylic acids is 1. The van der Waals surface area contributed by atoms with Gasteiger partial charge < -0.3 is 4.74 Å². The molecule has 124 valence electrons. The summed E-state index contributed by atoms with van der Waals surface area (Å²) in [6.45, 7) is 3.86. The topological polar surface area (TPSA) is 26.3 Å². The van der Waals surface area contributed by atoms with Crippen LogP contribution in [0.25, 0.3) is 32.3 Å². The average Bonchev–Trinajstić information content (AvgIpc) is 2.65. The maximum absolute atomic E-state index is 11.0. The molecule has 4 rings (SSSR count). The van der Waals surface area contributed by atoms with Crippen LogP contribution in [-0.4, -0.2) is 12.6 Å². The van der Waals surface area contributed by atoms with Gasteiger partial charge in [0.2, 0.25) is 0 Å². The van der Waals surface area contributed by atoms with E-state index in [9.17, 15) is 4.79 Å². The minimum absolute atomic E-state index is 0.344. The number of aryl methyl sites for hydroxylation is 1. The largest absolute Gasteiger partial charge is 0.463 e. The van der Waals surface area contributed by atoms with E-state index in [-0.39, 0.29) is 5.97 Å². The fourth-order valence-corrected chi connectivity index (χ4v) is 3.63. The Labute approximate surface area is 147 Å². The maximum Gasteiger partial charge on any atom is 0.330 e. The molecule has 0 spiro atoms. The fraction of sp³-hybridized carbons (Fsp3) is 0.174. The highest BCUT2D eigenvalue weighted by Gasteiger charge is 2.09. The van der Waals surface area contributed by atoms with Crippen LogP contribution >= 0.6 is 0 Å². The molecular weight excluding hydrogens is 308 g/mol. The molecule has 0 amide bonds. The molecule has 25 heavy (non-hydrogen) atoms. The Morgan fingerprint density at radius 1 is 0.880 bits per heavy atom. The quantitative estimate of drug-likeness (QED) is 0.198. The zero-order valence-corrected chi connectivity index (χ0v) is 14.1. The highest BCUT2D eigenvalue weighted by Crippen LogP contribution is 2.35. The number of benzene rings is 4. The van der Waals surface area contributed by atoms with Crippen molar-refractivity contribution in [3.8, 4) is 0 Å². The van der Waals surface area contributed by atoms with Crippen molar-refractivity contribution >= 4 is 38.3 Å². The molecule has 4 aromatic rings. The third kappa shape index (κ3) is 2.96. The van der Waals surface area contributed by atoms with Crippen LogP contribution in [0.4, 0.5) is 0 Å². The second-order valence-corrected chi connectivity index (χ2v) is 6.46. The van der Waals surface area contributed by atoms with Crippen molar-refractivity contribution in [2.24, 2.45) is 0 Å². The lowest BCUT2D eigenvalue weighted by atomic mass is 9.92. The molecule has 0 aromatic heterocycles. The molecule has 0 aliphatic carbocycles. The number of esters is 1. The van der Waals surface area contributed by atoms with E-state index in [0.29, 0.717) is 6.61 Å². The Hall–Kier alpha value is -2.87. The lowest BCUT2D eigenvalue weighted by Gasteiger charge is -2.12. The van der Waals surface area contributed by atoms with E-state index >= 15 is 0 Å². The van der Waals surface area contributed by atoms with Gasteiger partial charge in [0, 0.05) is 6.08 Å². The Balaban J connectivity index is 1.59. The molecule has 0 fully saturated rings. The van der Waals surface area contributed by atoms with Gasteiger partial charge >= 0.3 is 5.97 Å². The summed E-state index contributed by atoms with van der Waals surface area (Å²) in [4.78, 5) is 11.0. The third-order valence-corrected chi connectivity index (χ3v) is 4.79. The minimum atomic E-state index is -0.344. The molecule has 0 atom stereocenters. The summed E-state index contributed by atoms with van der Waals surface area (Å²) in [7, 11) is 0. The van der Waals surface area contributed by atoms with Crippen LogP contribution in [0.3, 0.4) is 0 Å². The van der Waals surface area contributed by atoms with Crippen LogP contribution in [0.5, 0.6) is 0 Å². The van der Waals surface area contributed by atoms with Crippen molar-refractivity contribution < 1.29 is 9.53 Å². The Kier molecular flexibility index (Phi) is 4.10. The fourth-order valence-electron chi connectivity index (χ4n) is 3.63. The molecule has 0 aliphatic rings. The van der Waals surface area contributed by atoms with Crippen LogP contribution in [0.1, 0.15) is 18.4 Å². The van der Waals surface area contributed by atoms with E-state index in [1.807, 2.05) is 0 Å². The van der Waals surface area contributed by atoms with Crippen LogP contribution in [0, 0.1) is 0 Å². The number of carbonyl (C=O) groups is 1. The monoisotopic (exact) mass is 328 g/mol. The first kappa shape index (κ1) is 15.6. The normalized spacial score (nSPS) is 11.4. The van der Waals surface area contributed by atoms with Gasteiger partial charge in [0.05, 0.1) is 6.61 Å². The molecule has 2 heteroatoms. The molecule has 4 aromatic carbocycles. The summed E-state index contributed by atoms with van der Waals surface area (Å²) in [6.07, 6.45) is 4.06. The predicted octanol–water partition coefficient (Wildman–Crippen LogP) is 5.64. The second kappa shape index (κ2) is 6.56. The van der Waals surface area contributed by atoms with Crippen LogP contribution in [-0.2, 0) is 16.0 Å². The van der Waals surface area contributed by atoms with Crippen LogP contribution < -0.4 is 0 Å². The van der Waals surface area contributed by atoms with E-state index < -0.39 is 0 Å². The molecule has 0 saturated heterocycles.